The Morgan fingerprint density at radius 1 is 1.15 bits per heavy atom. The molecule has 0 atom stereocenters. The van der Waals surface area contributed by atoms with Crippen molar-refractivity contribution in [2.24, 2.45) is 0 Å². The van der Waals surface area contributed by atoms with Crippen LogP contribution in [0.3, 0.4) is 0 Å². The number of likely N-dealkylation sites (tertiary alicyclic amines) is 1. The van der Waals surface area contributed by atoms with E-state index < -0.39 is 5.97 Å². The average Bonchev–Trinajstić information content (AvgIpc) is 3.19. The van der Waals surface area contributed by atoms with Crippen LogP contribution in [0.25, 0.3) is 10.9 Å². The van der Waals surface area contributed by atoms with Crippen LogP contribution in [0.5, 0.6) is 5.75 Å². The smallest absolute Gasteiger partial charge is 0.339 e. The number of carboxylic acids is 1. The van der Waals surface area contributed by atoms with E-state index in [4.69, 9.17) is 9.47 Å². The minimum absolute atomic E-state index is 0.219. The molecule has 1 fully saturated rings. The number of nitrogens with zero attached hydrogens (tertiary/aromatic N) is 2. The number of hydrogen-bond donors (Lipinski definition) is 1. The molecule has 7 heteroatoms. The van der Waals surface area contributed by atoms with E-state index >= 15 is 0 Å². The maximum absolute atomic E-state index is 11.5. The number of carboxylic acid groups (broad SMARTS) is 1. The van der Waals surface area contributed by atoms with E-state index in [1.54, 1.807) is 18.2 Å². The standard InChI is InChI=1S/C27H33BrN2O4/c1-3-33-15-14-30-18-23(21-5-4-6-24(28)26(21)30)20-9-11-29(12-10-20)13-16-34-25-17-19(2)7-8-22(25)27(31)32/h4-8,17-18,20H,3,9-16H2,1-2H3,(H,31,32). The van der Waals surface area contributed by atoms with Crippen LogP contribution in [-0.2, 0) is 11.3 Å². The van der Waals surface area contributed by atoms with E-state index in [-0.39, 0.29) is 5.56 Å². The van der Waals surface area contributed by atoms with Crippen LogP contribution >= 0.6 is 15.9 Å². The first-order valence-corrected chi connectivity index (χ1v) is 12.8. The van der Waals surface area contributed by atoms with E-state index in [2.05, 4.69) is 49.8 Å². The molecular formula is C27H33BrN2O4. The van der Waals surface area contributed by atoms with Gasteiger partial charge in [-0.3, -0.25) is 4.90 Å². The third-order valence-electron chi connectivity index (χ3n) is 6.62. The highest BCUT2D eigenvalue weighted by molar-refractivity contribution is 9.10. The number of halogens is 1. The maximum Gasteiger partial charge on any atom is 0.339 e. The zero-order chi connectivity index (χ0) is 24.1. The second-order valence-electron chi connectivity index (χ2n) is 8.88. The van der Waals surface area contributed by atoms with Crippen LogP contribution in [0.4, 0.5) is 0 Å². The van der Waals surface area contributed by atoms with Gasteiger partial charge in [0, 0.05) is 35.8 Å². The number of aromatic carboxylic acids is 1. The van der Waals surface area contributed by atoms with Crippen molar-refractivity contribution in [3.8, 4) is 5.75 Å². The van der Waals surface area contributed by atoms with Gasteiger partial charge in [-0.15, -0.1) is 0 Å². The molecule has 34 heavy (non-hydrogen) atoms. The Morgan fingerprint density at radius 2 is 1.94 bits per heavy atom. The molecule has 0 unspecified atom stereocenters. The molecule has 0 spiro atoms. The molecule has 6 nitrogen and oxygen atoms in total. The first kappa shape index (κ1) is 24.8. The Labute approximate surface area is 209 Å². The molecule has 0 radical (unpaired) electrons. The van der Waals surface area contributed by atoms with Gasteiger partial charge in [-0.2, -0.15) is 0 Å². The third kappa shape index (κ3) is 5.65. The lowest BCUT2D eigenvalue weighted by Gasteiger charge is -2.31. The predicted molar refractivity (Wildman–Crippen MR) is 138 cm³/mol. The molecule has 1 N–H and O–H groups in total. The van der Waals surface area contributed by atoms with Crippen LogP contribution in [0.2, 0.25) is 0 Å². The molecule has 2 aromatic carbocycles. The first-order valence-electron chi connectivity index (χ1n) is 12.0. The Hall–Kier alpha value is -2.35. The molecule has 0 aliphatic carbocycles. The van der Waals surface area contributed by atoms with Gasteiger partial charge in [0.15, 0.2) is 0 Å². The third-order valence-corrected chi connectivity index (χ3v) is 7.26. The van der Waals surface area contributed by atoms with Crippen LogP contribution in [0.1, 0.15) is 47.2 Å². The number of carbonyl (C=O) groups is 1. The number of ether oxygens (including phenoxy) is 2. The second kappa shape index (κ2) is 11.4. The van der Waals surface area contributed by atoms with Gasteiger partial charge in [0.05, 0.1) is 12.1 Å². The fourth-order valence-corrected chi connectivity index (χ4v) is 5.42. The second-order valence-corrected chi connectivity index (χ2v) is 9.73. The topological polar surface area (TPSA) is 63.9 Å². The number of rotatable bonds is 10. The lowest BCUT2D eigenvalue weighted by atomic mass is 9.89. The van der Waals surface area contributed by atoms with Crippen molar-refractivity contribution in [2.75, 3.05) is 39.5 Å². The van der Waals surface area contributed by atoms with Gasteiger partial charge in [0.25, 0.3) is 0 Å². The van der Waals surface area contributed by atoms with Crippen LogP contribution in [-0.4, -0.2) is 60.0 Å². The normalized spacial score (nSPS) is 15.1. The highest BCUT2D eigenvalue weighted by Crippen LogP contribution is 2.37. The summed E-state index contributed by atoms with van der Waals surface area (Å²) in [6.07, 6.45) is 4.52. The highest BCUT2D eigenvalue weighted by Gasteiger charge is 2.24. The molecule has 1 aromatic heterocycles. The monoisotopic (exact) mass is 528 g/mol. The zero-order valence-corrected chi connectivity index (χ0v) is 21.5. The molecular weight excluding hydrogens is 496 g/mol. The predicted octanol–water partition coefficient (Wildman–Crippen LogP) is 5.71. The van der Waals surface area contributed by atoms with Crippen molar-refractivity contribution in [3.63, 3.8) is 0 Å². The largest absolute Gasteiger partial charge is 0.491 e. The summed E-state index contributed by atoms with van der Waals surface area (Å²) < 4.78 is 14.9. The zero-order valence-electron chi connectivity index (χ0n) is 19.9. The Balaban J connectivity index is 1.37. The molecule has 1 aliphatic heterocycles. The summed E-state index contributed by atoms with van der Waals surface area (Å²) in [7, 11) is 0. The van der Waals surface area contributed by atoms with Gasteiger partial charge in [-0.25, -0.2) is 4.79 Å². The Morgan fingerprint density at radius 3 is 2.68 bits per heavy atom. The summed E-state index contributed by atoms with van der Waals surface area (Å²) in [4.78, 5) is 13.9. The van der Waals surface area contributed by atoms with Gasteiger partial charge < -0.3 is 19.1 Å². The molecule has 0 bridgehead atoms. The fourth-order valence-electron chi connectivity index (χ4n) is 4.83. The molecule has 1 aliphatic rings. The van der Waals surface area contributed by atoms with E-state index in [1.165, 1.54) is 16.5 Å². The number of para-hydroxylation sites is 1. The SMILES string of the molecule is CCOCCn1cc(C2CCN(CCOc3cc(C)ccc3C(=O)O)CC2)c2cccc(Br)c21. The van der Waals surface area contributed by atoms with Gasteiger partial charge in [-0.1, -0.05) is 18.2 Å². The van der Waals surface area contributed by atoms with Crippen molar-refractivity contribution >= 4 is 32.8 Å². The summed E-state index contributed by atoms with van der Waals surface area (Å²) in [6.45, 7) is 9.55. The van der Waals surface area contributed by atoms with E-state index in [0.717, 1.165) is 55.7 Å². The first-order chi connectivity index (χ1) is 16.5. The van der Waals surface area contributed by atoms with Crippen LogP contribution < -0.4 is 4.74 Å². The van der Waals surface area contributed by atoms with Crippen LogP contribution in [0, 0.1) is 6.92 Å². The molecule has 2 heterocycles. The molecule has 0 saturated carbocycles. The number of aryl methyl sites for hydroxylation is 1. The number of hydrogen-bond acceptors (Lipinski definition) is 4. The lowest BCUT2D eigenvalue weighted by Crippen LogP contribution is -2.35. The molecule has 3 aromatic rings. The number of benzene rings is 2. The molecule has 4 rings (SSSR count). The summed E-state index contributed by atoms with van der Waals surface area (Å²) in [6, 6.07) is 11.7. The van der Waals surface area contributed by atoms with Crippen molar-refractivity contribution in [2.45, 2.75) is 39.2 Å². The van der Waals surface area contributed by atoms with E-state index in [0.29, 0.717) is 24.9 Å². The lowest BCUT2D eigenvalue weighted by molar-refractivity contribution is 0.0691. The fraction of sp³-hybridized carbons (Fsp3) is 0.444. The molecule has 0 amide bonds. The summed E-state index contributed by atoms with van der Waals surface area (Å²) in [5.41, 5.74) is 3.89. The van der Waals surface area contributed by atoms with Crippen molar-refractivity contribution < 1.29 is 19.4 Å². The minimum atomic E-state index is -0.956. The van der Waals surface area contributed by atoms with Crippen molar-refractivity contribution in [3.05, 3.63) is 63.8 Å². The maximum atomic E-state index is 11.5. The molecule has 182 valence electrons. The van der Waals surface area contributed by atoms with E-state index in [9.17, 15) is 9.90 Å². The van der Waals surface area contributed by atoms with Gasteiger partial charge in [0.1, 0.15) is 17.9 Å². The van der Waals surface area contributed by atoms with Gasteiger partial charge in [0.2, 0.25) is 0 Å². The number of aromatic nitrogens is 1. The summed E-state index contributed by atoms with van der Waals surface area (Å²) >= 11 is 3.75. The highest BCUT2D eigenvalue weighted by atomic mass is 79.9. The number of fused-ring (bicyclic) bond motifs is 1. The van der Waals surface area contributed by atoms with Crippen LogP contribution in [0.15, 0.2) is 47.1 Å². The number of piperidine rings is 1. The summed E-state index contributed by atoms with van der Waals surface area (Å²) in [5, 5.41) is 10.7. The van der Waals surface area contributed by atoms with Crippen molar-refractivity contribution in [1.82, 2.24) is 9.47 Å². The quantitative estimate of drug-likeness (QED) is 0.341. The minimum Gasteiger partial charge on any atom is -0.491 e. The van der Waals surface area contributed by atoms with Crippen molar-refractivity contribution in [1.29, 1.82) is 0 Å². The Bertz CT molecular complexity index is 1140. The van der Waals surface area contributed by atoms with E-state index in [1.807, 2.05) is 13.8 Å². The van der Waals surface area contributed by atoms with Gasteiger partial charge in [-0.05, 0) is 91.0 Å². The average molecular weight is 529 g/mol. The Kier molecular flexibility index (Phi) is 8.29. The van der Waals surface area contributed by atoms with Gasteiger partial charge >= 0.3 is 5.97 Å². The molecule has 1 saturated heterocycles. The summed E-state index contributed by atoms with van der Waals surface area (Å²) in [5.74, 6) is 0.0217.